The third kappa shape index (κ3) is 9.41. The summed E-state index contributed by atoms with van der Waals surface area (Å²) in [5.74, 6) is 0.748. The molecule has 0 aliphatic rings. The topological polar surface area (TPSA) is 17.1 Å². The van der Waals surface area contributed by atoms with E-state index in [1.807, 2.05) is 0 Å². The van der Waals surface area contributed by atoms with Crippen LogP contribution in [0.25, 0.3) is 0 Å². The Morgan fingerprint density at radius 3 is 2.45 bits per heavy atom. The van der Waals surface area contributed by atoms with Crippen molar-refractivity contribution in [3.63, 3.8) is 0 Å². The van der Waals surface area contributed by atoms with E-state index in [0.29, 0.717) is 6.42 Å². The number of rotatable bonds is 6. The first-order chi connectivity index (χ1) is 5.27. The fourth-order valence-corrected chi connectivity index (χ4v) is 0.805. The number of allylic oxidation sites excluding steroid dienone is 2. The molecule has 64 valence electrons. The van der Waals surface area contributed by atoms with E-state index >= 15 is 0 Å². The zero-order chi connectivity index (χ0) is 8.53. The SMILES string of the molecule is CC(C)CC=CCCCC=O. The van der Waals surface area contributed by atoms with Crippen molar-refractivity contribution < 1.29 is 4.79 Å². The lowest BCUT2D eigenvalue weighted by Crippen LogP contribution is -1.81. The quantitative estimate of drug-likeness (QED) is 0.326. The highest BCUT2D eigenvalue weighted by atomic mass is 16.1. The highest BCUT2D eigenvalue weighted by Crippen LogP contribution is 2.01. The Hall–Kier alpha value is -0.590. The molecule has 0 N–H and O–H groups in total. The predicted molar refractivity (Wildman–Crippen MR) is 48.5 cm³/mol. The maximum atomic E-state index is 9.92. The second-order valence-corrected chi connectivity index (χ2v) is 3.20. The van der Waals surface area contributed by atoms with E-state index in [1.54, 1.807) is 0 Å². The zero-order valence-corrected chi connectivity index (χ0v) is 7.55. The molecule has 0 aromatic heterocycles. The van der Waals surface area contributed by atoms with E-state index in [2.05, 4.69) is 26.0 Å². The van der Waals surface area contributed by atoms with Gasteiger partial charge in [-0.25, -0.2) is 0 Å². The fraction of sp³-hybridized carbons (Fsp3) is 0.700. The van der Waals surface area contributed by atoms with Crippen LogP contribution in [-0.4, -0.2) is 6.29 Å². The molecule has 0 radical (unpaired) electrons. The average molecular weight is 154 g/mol. The molecular formula is C10H18O. The minimum Gasteiger partial charge on any atom is -0.303 e. The third-order valence-corrected chi connectivity index (χ3v) is 1.47. The van der Waals surface area contributed by atoms with Gasteiger partial charge in [0.15, 0.2) is 0 Å². The van der Waals surface area contributed by atoms with Gasteiger partial charge >= 0.3 is 0 Å². The minimum atomic E-state index is 0.700. The summed E-state index contributed by atoms with van der Waals surface area (Å²) in [5.41, 5.74) is 0. The van der Waals surface area contributed by atoms with Gasteiger partial charge in [-0.05, 0) is 25.2 Å². The van der Waals surface area contributed by atoms with Crippen LogP contribution < -0.4 is 0 Å². The van der Waals surface area contributed by atoms with Gasteiger partial charge in [0.1, 0.15) is 6.29 Å². The molecule has 0 aliphatic heterocycles. The number of aldehydes is 1. The Kier molecular flexibility index (Phi) is 7.11. The third-order valence-electron chi connectivity index (χ3n) is 1.47. The van der Waals surface area contributed by atoms with Gasteiger partial charge in [0, 0.05) is 6.42 Å². The van der Waals surface area contributed by atoms with Gasteiger partial charge in [-0.15, -0.1) is 0 Å². The van der Waals surface area contributed by atoms with Crippen molar-refractivity contribution in [2.24, 2.45) is 5.92 Å². The van der Waals surface area contributed by atoms with Gasteiger partial charge in [-0.1, -0.05) is 26.0 Å². The highest BCUT2D eigenvalue weighted by Gasteiger charge is 1.86. The number of hydrogen-bond donors (Lipinski definition) is 0. The Morgan fingerprint density at radius 2 is 1.91 bits per heavy atom. The van der Waals surface area contributed by atoms with Crippen LogP contribution in [0.3, 0.4) is 0 Å². The van der Waals surface area contributed by atoms with E-state index < -0.39 is 0 Å². The molecule has 0 aliphatic carbocycles. The standard InChI is InChI=1S/C10H18O/c1-10(2)8-6-4-3-5-7-9-11/h4,6,9-10H,3,5,7-8H2,1-2H3. The normalized spacial score (nSPS) is 11.2. The molecule has 0 rings (SSSR count). The van der Waals surface area contributed by atoms with Gasteiger partial charge in [0.05, 0.1) is 0 Å². The number of unbranched alkanes of at least 4 members (excludes halogenated alkanes) is 2. The largest absolute Gasteiger partial charge is 0.303 e. The average Bonchev–Trinajstić information content (AvgIpc) is 1.96. The van der Waals surface area contributed by atoms with Crippen LogP contribution in [0.1, 0.15) is 39.5 Å². The summed E-state index contributed by atoms with van der Waals surface area (Å²) >= 11 is 0. The van der Waals surface area contributed by atoms with Crippen LogP contribution in [0.2, 0.25) is 0 Å². The van der Waals surface area contributed by atoms with E-state index in [4.69, 9.17) is 0 Å². The van der Waals surface area contributed by atoms with Crippen molar-refractivity contribution in [2.45, 2.75) is 39.5 Å². The second kappa shape index (κ2) is 7.52. The van der Waals surface area contributed by atoms with Gasteiger partial charge in [0.2, 0.25) is 0 Å². The van der Waals surface area contributed by atoms with Crippen LogP contribution in [0, 0.1) is 5.92 Å². The molecule has 0 saturated heterocycles. The minimum absolute atomic E-state index is 0.700. The fourth-order valence-electron chi connectivity index (χ4n) is 0.805. The first kappa shape index (κ1) is 10.4. The van der Waals surface area contributed by atoms with Crippen molar-refractivity contribution in [2.75, 3.05) is 0 Å². The predicted octanol–water partition coefficient (Wildman–Crippen LogP) is 2.96. The van der Waals surface area contributed by atoms with E-state index in [-0.39, 0.29) is 0 Å². The smallest absolute Gasteiger partial charge is 0.120 e. The van der Waals surface area contributed by atoms with Gasteiger partial charge in [0.25, 0.3) is 0 Å². The van der Waals surface area contributed by atoms with Crippen LogP contribution in [0.5, 0.6) is 0 Å². The molecule has 1 heteroatoms. The molecule has 0 fully saturated rings. The van der Waals surface area contributed by atoms with E-state index in [0.717, 1.165) is 31.5 Å². The molecule has 0 saturated carbocycles. The lowest BCUT2D eigenvalue weighted by Gasteiger charge is -1.95. The Bertz CT molecular complexity index is 114. The summed E-state index contributed by atoms with van der Waals surface area (Å²) < 4.78 is 0. The summed E-state index contributed by atoms with van der Waals surface area (Å²) in [7, 11) is 0. The van der Waals surface area contributed by atoms with Crippen molar-refractivity contribution in [3.05, 3.63) is 12.2 Å². The molecular weight excluding hydrogens is 136 g/mol. The summed E-state index contributed by atoms with van der Waals surface area (Å²) in [4.78, 5) is 9.92. The van der Waals surface area contributed by atoms with Crippen LogP contribution in [0.4, 0.5) is 0 Å². The summed E-state index contributed by atoms with van der Waals surface area (Å²) in [6.45, 7) is 4.41. The number of carbonyl (C=O) groups is 1. The Morgan fingerprint density at radius 1 is 1.18 bits per heavy atom. The van der Waals surface area contributed by atoms with Crippen molar-refractivity contribution in [3.8, 4) is 0 Å². The monoisotopic (exact) mass is 154 g/mol. The van der Waals surface area contributed by atoms with E-state index in [1.165, 1.54) is 0 Å². The number of hydrogen-bond acceptors (Lipinski definition) is 1. The molecule has 0 aromatic rings. The molecule has 0 atom stereocenters. The van der Waals surface area contributed by atoms with Gasteiger partial charge in [-0.2, -0.15) is 0 Å². The molecule has 11 heavy (non-hydrogen) atoms. The van der Waals surface area contributed by atoms with Crippen LogP contribution >= 0.6 is 0 Å². The number of carbonyl (C=O) groups excluding carboxylic acids is 1. The maximum absolute atomic E-state index is 9.92. The first-order valence-corrected chi connectivity index (χ1v) is 4.36. The molecule has 0 heterocycles. The molecule has 0 spiro atoms. The lowest BCUT2D eigenvalue weighted by molar-refractivity contribution is -0.107. The van der Waals surface area contributed by atoms with Crippen molar-refractivity contribution >= 4 is 6.29 Å². The Labute approximate surface area is 69.5 Å². The Balaban J connectivity index is 3.09. The molecule has 0 unspecified atom stereocenters. The second-order valence-electron chi connectivity index (χ2n) is 3.20. The molecule has 0 bridgehead atoms. The summed E-state index contributed by atoms with van der Waals surface area (Å²) in [6, 6.07) is 0. The van der Waals surface area contributed by atoms with Crippen molar-refractivity contribution in [1.82, 2.24) is 0 Å². The molecule has 0 aromatic carbocycles. The first-order valence-electron chi connectivity index (χ1n) is 4.36. The van der Waals surface area contributed by atoms with Crippen LogP contribution in [-0.2, 0) is 4.79 Å². The lowest BCUT2D eigenvalue weighted by atomic mass is 10.1. The van der Waals surface area contributed by atoms with Crippen LogP contribution in [0.15, 0.2) is 12.2 Å². The van der Waals surface area contributed by atoms with Crippen molar-refractivity contribution in [1.29, 1.82) is 0 Å². The summed E-state index contributed by atoms with van der Waals surface area (Å²) in [5, 5.41) is 0. The van der Waals surface area contributed by atoms with Gasteiger partial charge in [-0.3, -0.25) is 0 Å². The molecule has 1 nitrogen and oxygen atoms in total. The van der Waals surface area contributed by atoms with Gasteiger partial charge < -0.3 is 4.79 Å². The highest BCUT2D eigenvalue weighted by molar-refractivity contribution is 5.48. The molecule has 0 amide bonds. The van der Waals surface area contributed by atoms with E-state index in [9.17, 15) is 4.79 Å². The zero-order valence-electron chi connectivity index (χ0n) is 7.55. The maximum Gasteiger partial charge on any atom is 0.120 e. The summed E-state index contributed by atoms with van der Waals surface area (Å²) in [6.07, 6.45) is 9.26.